The van der Waals surface area contributed by atoms with Crippen LogP contribution in [0.4, 0.5) is 0 Å². The minimum atomic E-state index is 0.338. The Hall–Kier alpha value is -2.13. The zero-order valence-corrected chi connectivity index (χ0v) is 14.4. The Balaban J connectivity index is 1.23. The fourth-order valence-corrected chi connectivity index (χ4v) is 4.25. The lowest BCUT2D eigenvalue weighted by atomic mass is 9.66. The Morgan fingerprint density at radius 1 is 1.04 bits per heavy atom. The van der Waals surface area contributed by atoms with E-state index in [4.69, 9.17) is 9.40 Å². The monoisotopic (exact) mass is 332 g/mol. The Labute approximate surface area is 148 Å². The van der Waals surface area contributed by atoms with Gasteiger partial charge in [0.05, 0.1) is 0 Å². The number of nitrogens with one attached hydrogen (secondary N) is 1. The van der Waals surface area contributed by atoms with Crippen LogP contribution in [0.3, 0.4) is 0 Å². The lowest BCUT2D eigenvalue weighted by Gasteiger charge is -2.41. The van der Waals surface area contributed by atoms with Gasteiger partial charge in [0.1, 0.15) is 5.52 Å². The van der Waals surface area contributed by atoms with Gasteiger partial charge in [0, 0.05) is 24.9 Å². The highest BCUT2D eigenvalue weighted by molar-refractivity contribution is 5.72. The molecule has 3 aromatic rings. The molecule has 0 amide bonds. The first-order valence-corrected chi connectivity index (χ1v) is 9.44. The third-order valence-corrected chi connectivity index (χ3v) is 6.04. The van der Waals surface area contributed by atoms with Crippen LogP contribution in [-0.4, -0.2) is 17.6 Å². The Morgan fingerprint density at radius 2 is 1.84 bits per heavy atom. The number of oxazole rings is 1. The average Bonchev–Trinajstić information content (AvgIpc) is 3.28. The number of fused-ring (bicyclic) bond motifs is 1. The molecule has 2 aromatic carbocycles. The Morgan fingerprint density at radius 3 is 2.60 bits per heavy atom. The highest BCUT2D eigenvalue weighted by Crippen LogP contribution is 2.46. The third-order valence-electron chi connectivity index (χ3n) is 6.04. The summed E-state index contributed by atoms with van der Waals surface area (Å²) < 4.78 is 5.97. The highest BCUT2D eigenvalue weighted by atomic mass is 16.3. The second-order valence-corrected chi connectivity index (χ2v) is 7.85. The molecule has 128 valence electrons. The molecule has 2 aliphatic carbocycles. The molecular weight excluding hydrogens is 308 g/mol. The molecule has 3 heteroatoms. The van der Waals surface area contributed by atoms with Crippen molar-refractivity contribution in [2.24, 2.45) is 5.41 Å². The SMILES string of the molecule is c1ccc(C2CC2NCC2(Cc3nc4ccccc4o3)CCC2)cc1. The summed E-state index contributed by atoms with van der Waals surface area (Å²) in [6.07, 6.45) is 6.11. The number of hydrogen-bond acceptors (Lipinski definition) is 3. The summed E-state index contributed by atoms with van der Waals surface area (Å²) >= 11 is 0. The molecule has 0 radical (unpaired) electrons. The summed E-state index contributed by atoms with van der Waals surface area (Å²) in [7, 11) is 0. The number of aromatic nitrogens is 1. The predicted octanol–water partition coefficient (Wildman–Crippen LogP) is 4.69. The molecule has 0 saturated heterocycles. The van der Waals surface area contributed by atoms with Gasteiger partial charge in [-0.1, -0.05) is 48.9 Å². The maximum atomic E-state index is 5.97. The number of benzene rings is 2. The van der Waals surface area contributed by atoms with Crippen molar-refractivity contribution in [1.82, 2.24) is 10.3 Å². The van der Waals surface area contributed by atoms with Crippen LogP contribution in [0.25, 0.3) is 11.1 Å². The number of hydrogen-bond donors (Lipinski definition) is 1. The maximum Gasteiger partial charge on any atom is 0.196 e. The van der Waals surface area contributed by atoms with E-state index in [1.54, 1.807) is 0 Å². The molecule has 3 nitrogen and oxygen atoms in total. The third kappa shape index (κ3) is 2.98. The van der Waals surface area contributed by atoms with Crippen molar-refractivity contribution in [3.05, 3.63) is 66.1 Å². The highest BCUT2D eigenvalue weighted by Gasteiger charge is 2.43. The molecule has 2 fully saturated rings. The average molecular weight is 332 g/mol. The van der Waals surface area contributed by atoms with Gasteiger partial charge in [-0.3, -0.25) is 0 Å². The van der Waals surface area contributed by atoms with Crippen molar-refractivity contribution in [3.63, 3.8) is 0 Å². The first-order chi connectivity index (χ1) is 12.3. The zero-order chi connectivity index (χ0) is 16.7. The second kappa shape index (κ2) is 5.99. The first kappa shape index (κ1) is 15.2. The lowest BCUT2D eigenvalue weighted by molar-refractivity contribution is 0.119. The Kier molecular flexibility index (Phi) is 3.63. The van der Waals surface area contributed by atoms with Crippen LogP contribution in [0.15, 0.2) is 59.0 Å². The molecule has 25 heavy (non-hydrogen) atoms. The second-order valence-electron chi connectivity index (χ2n) is 7.85. The zero-order valence-electron chi connectivity index (χ0n) is 14.4. The van der Waals surface area contributed by atoms with Crippen LogP contribution >= 0.6 is 0 Å². The van der Waals surface area contributed by atoms with Gasteiger partial charge in [0.15, 0.2) is 11.5 Å². The summed E-state index contributed by atoms with van der Waals surface area (Å²) in [6, 6.07) is 19.6. The van der Waals surface area contributed by atoms with Crippen LogP contribution in [0.1, 0.15) is 43.1 Å². The van der Waals surface area contributed by atoms with Gasteiger partial charge in [-0.25, -0.2) is 4.98 Å². The molecule has 0 spiro atoms. The molecule has 1 N–H and O–H groups in total. The van der Waals surface area contributed by atoms with E-state index in [1.165, 1.54) is 31.2 Å². The Bertz CT molecular complexity index is 833. The van der Waals surface area contributed by atoms with Crippen molar-refractivity contribution < 1.29 is 4.42 Å². The molecule has 0 bridgehead atoms. The molecule has 0 aliphatic heterocycles. The molecule has 1 heterocycles. The molecule has 1 aromatic heterocycles. The van der Waals surface area contributed by atoms with Gasteiger partial charge in [0.2, 0.25) is 0 Å². The van der Waals surface area contributed by atoms with Gasteiger partial charge in [-0.15, -0.1) is 0 Å². The van der Waals surface area contributed by atoms with Crippen LogP contribution < -0.4 is 5.32 Å². The first-order valence-electron chi connectivity index (χ1n) is 9.44. The van der Waals surface area contributed by atoms with Crippen molar-refractivity contribution in [2.45, 2.75) is 44.1 Å². The van der Waals surface area contributed by atoms with Crippen LogP contribution in [0.2, 0.25) is 0 Å². The number of nitrogens with zero attached hydrogens (tertiary/aromatic N) is 1. The van der Waals surface area contributed by atoms with Gasteiger partial charge in [0.25, 0.3) is 0 Å². The molecular formula is C22H24N2O. The fraction of sp³-hybridized carbons (Fsp3) is 0.409. The van der Waals surface area contributed by atoms with E-state index in [-0.39, 0.29) is 0 Å². The number of rotatable bonds is 6. The molecule has 2 saturated carbocycles. The topological polar surface area (TPSA) is 38.1 Å². The fourth-order valence-electron chi connectivity index (χ4n) is 4.25. The van der Waals surface area contributed by atoms with Crippen LogP contribution in [-0.2, 0) is 6.42 Å². The van der Waals surface area contributed by atoms with Gasteiger partial charge in [-0.2, -0.15) is 0 Å². The van der Waals surface area contributed by atoms with E-state index >= 15 is 0 Å². The minimum absolute atomic E-state index is 0.338. The largest absolute Gasteiger partial charge is 0.441 e. The summed E-state index contributed by atoms with van der Waals surface area (Å²) in [5.74, 6) is 1.60. The predicted molar refractivity (Wildman–Crippen MR) is 99.6 cm³/mol. The van der Waals surface area contributed by atoms with Crippen molar-refractivity contribution in [2.75, 3.05) is 6.54 Å². The molecule has 2 unspecified atom stereocenters. The van der Waals surface area contributed by atoms with E-state index in [0.717, 1.165) is 30.0 Å². The van der Waals surface area contributed by atoms with Gasteiger partial charge in [-0.05, 0) is 42.4 Å². The van der Waals surface area contributed by atoms with E-state index < -0.39 is 0 Å². The van der Waals surface area contributed by atoms with E-state index in [2.05, 4.69) is 35.6 Å². The van der Waals surface area contributed by atoms with Crippen molar-refractivity contribution in [1.29, 1.82) is 0 Å². The van der Waals surface area contributed by atoms with Gasteiger partial charge >= 0.3 is 0 Å². The maximum absolute atomic E-state index is 5.97. The van der Waals surface area contributed by atoms with Gasteiger partial charge < -0.3 is 9.73 Å². The van der Waals surface area contributed by atoms with E-state index in [0.29, 0.717) is 17.4 Å². The molecule has 2 aliphatic rings. The smallest absolute Gasteiger partial charge is 0.196 e. The normalized spacial score (nSPS) is 24.2. The summed E-state index contributed by atoms with van der Waals surface area (Å²) in [5, 5.41) is 3.83. The molecule has 2 atom stereocenters. The number of para-hydroxylation sites is 2. The summed E-state index contributed by atoms with van der Waals surface area (Å²) in [4.78, 5) is 4.69. The van der Waals surface area contributed by atoms with E-state index in [9.17, 15) is 0 Å². The summed E-state index contributed by atoms with van der Waals surface area (Å²) in [5.41, 5.74) is 3.70. The lowest BCUT2D eigenvalue weighted by Crippen LogP contribution is -2.42. The van der Waals surface area contributed by atoms with E-state index in [1.807, 2.05) is 24.3 Å². The minimum Gasteiger partial charge on any atom is -0.441 e. The molecule has 5 rings (SSSR count). The van der Waals surface area contributed by atoms with Crippen molar-refractivity contribution >= 4 is 11.1 Å². The summed E-state index contributed by atoms with van der Waals surface area (Å²) in [6.45, 7) is 1.08. The van der Waals surface area contributed by atoms with Crippen LogP contribution in [0, 0.1) is 5.41 Å². The van der Waals surface area contributed by atoms with Crippen molar-refractivity contribution in [3.8, 4) is 0 Å². The van der Waals surface area contributed by atoms with Crippen LogP contribution in [0.5, 0.6) is 0 Å². The standard InChI is InChI=1S/C22H24N2O/c1-2-7-16(8-3-1)17-13-19(17)23-15-22(11-6-12-22)14-21-24-18-9-4-5-10-20(18)25-21/h1-5,7-10,17,19,23H,6,11-15H2. The quantitative estimate of drug-likeness (QED) is 0.712.